The fourth-order valence-corrected chi connectivity index (χ4v) is 3.61. The van der Waals surface area contributed by atoms with Crippen LogP contribution in [0, 0.1) is 0 Å². The molecule has 2 unspecified atom stereocenters. The van der Waals surface area contributed by atoms with Crippen LogP contribution >= 0.6 is 0 Å². The van der Waals surface area contributed by atoms with Crippen molar-refractivity contribution < 1.29 is 47.6 Å². The van der Waals surface area contributed by atoms with Crippen molar-refractivity contribution in [3.05, 3.63) is 0 Å². The van der Waals surface area contributed by atoms with Gasteiger partial charge in [0.2, 0.25) is 0 Å². The Bertz CT molecular complexity index is 333. The summed E-state index contributed by atoms with van der Waals surface area (Å²) in [5.41, 5.74) is 0. The maximum atomic E-state index is 11.1. The predicted molar refractivity (Wildman–Crippen MR) is 86.2 cm³/mol. The molecule has 0 spiro atoms. The molecule has 1 N–H and O–H groups in total. The van der Waals surface area contributed by atoms with Gasteiger partial charge in [-0.2, -0.15) is 0 Å². The standard InChI is InChI=1S/C16H34O4S.Na/c1-3-5-6-7-8-12-15(17)13-9-10-14-16(11-4-2)21(18,19)20;/h15-17H,3-14H2,1-2H3,(H,18,19,20);/q;+1/p-1. The predicted octanol–water partition coefficient (Wildman–Crippen LogP) is 0.986. The minimum atomic E-state index is -4.16. The molecule has 0 aromatic rings. The van der Waals surface area contributed by atoms with Gasteiger partial charge in [-0.1, -0.05) is 65.2 Å². The zero-order valence-electron chi connectivity index (χ0n) is 14.7. The second-order valence-corrected chi connectivity index (χ2v) is 7.70. The summed E-state index contributed by atoms with van der Waals surface area (Å²) in [7, 11) is -4.16. The maximum Gasteiger partial charge on any atom is 1.00 e. The van der Waals surface area contributed by atoms with Crippen molar-refractivity contribution in [1.29, 1.82) is 0 Å². The Hall–Kier alpha value is 0.870. The van der Waals surface area contributed by atoms with E-state index in [2.05, 4.69) is 6.92 Å². The largest absolute Gasteiger partial charge is 1.00 e. The van der Waals surface area contributed by atoms with Gasteiger partial charge in [0.1, 0.15) is 0 Å². The van der Waals surface area contributed by atoms with Crippen molar-refractivity contribution in [2.75, 3.05) is 0 Å². The van der Waals surface area contributed by atoms with E-state index in [4.69, 9.17) is 0 Å². The molecule has 0 rings (SSSR count). The Kier molecular flexibility index (Phi) is 17.6. The summed E-state index contributed by atoms with van der Waals surface area (Å²) in [6.07, 6.45) is 10.3. The van der Waals surface area contributed by atoms with Crippen LogP contribution in [0.2, 0.25) is 0 Å². The van der Waals surface area contributed by atoms with Crippen LogP contribution in [0.25, 0.3) is 0 Å². The topological polar surface area (TPSA) is 77.4 Å². The molecular weight excluding hydrogens is 311 g/mol. The van der Waals surface area contributed by atoms with Crippen molar-refractivity contribution in [3.8, 4) is 0 Å². The molecule has 0 saturated heterocycles. The number of rotatable bonds is 14. The van der Waals surface area contributed by atoms with Gasteiger partial charge in [-0.15, -0.1) is 0 Å². The first-order valence-electron chi connectivity index (χ1n) is 8.54. The first-order chi connectivity index (χ1) is 9.91. The fraction of sp³-hybridized carbons (Fsp3) is 1.00. The minimum absolute atomic E-state index is 0. The Balaban J connectivity index is 0. The minimum Gasteiger partial charge on any atom is -0.748 e. The molecule has 22 heavy (non-hydrogen) atoms. The van der Waals surface area contributed by atoms with E-state index in [1.807, 2.05) is 6.92 Å². The molecule has 0 aliphatic heterocycles. The van der Waals surface area contributed by atoms with E-state index in [9.17, 15) is 18.1 Å². The van der Waals surface area contributed by atoms with Crippen LogP contribution < -0.4 is 29.6 Å². The van der Waals surface area contributed by atoms with Crippen molar-refractivity contribution in [1.82, 2.24) is 0 Å². The van der Waals surface area contributed by atoms with Crippen LogP contribution in [0.15, 0.2) is 0 Å². The van der Waals surface area contributed by atoms with Gasteiger partial charge < -0.3 is 9.66 Å². The average Bonchev–Trinajstić information content (AvgIpc) is 2.41. The van der Waals surface area contributed by atoms with E-state index < -0.39 is 15.4 Å². The summed E-state index contributed by atoms with van der Waals surface area (Å²) in [5.74, 6) is 0. The van der Waals surface area contributed by atoms with Gasteiger partial charge in [0.25, 0.3) is 0 Å². The molecule has 0 heterocycles. The number of unbranched alkanes of at least 4 members (excludes halogenated alkanes) is 5. The molecule has 0 bridgehead atoms. The van der Waals surface area contributed by atoms with E-state index in [1.54, 1.807) is 0 Å². The summed E-state index contributed by atoms with van der Waals surface area (Å²) < 4.78 is 33.2. The molecular formula is C16H33NaO4S. The van der Waals surface area contributed by atoms with Gasteiger partial charge in [0.05, 0.1) is 16.2 Å². The fourth-order valence-electron chi connectivity index (χ4n) is 2.63. The molecule has 0 aromatic carbocycles. The van der Waals surface area contributed by atoms with Gasteiger partial charge in [0.15, 0.2) is 0 Å². The van der Waals surface area contributed by atoms with E-state index in [1.165, 1.54) is 25.7 Å². The number of aliphatic hydroxyl groups is 1. The third-order valence-electron chi connectivity index (χ3n) is 3.97. The van der Waals surface area contributed by atoms with Gasteiger partial charge in [-0.05, 0) is 25.7 Å². The third-order valence-corrected chi connectivity index (χ3v) is 5.26. The zero-order valence-corrected chi connectivity index (χ0v) is 17.5. The molecule has 0 aromatic heterocycles. The van der Waals surface area contributed by atoms with Crippen LogP contribution in [-0.4, -0.2) is 29.4 Å². The average molecular weight is 344 g/mol. The Morgan fingerprint density at radius 3 is 1.82 bits per heavy atom. The number of hydrogen-bond donors (Lipinski definition) is 1. The van der Waals surface area contributed by atoms with Crippen LogP contribution in [0.5, 0.6) is 0 Å². The molecule has 0 aliphatic rings. The molecule has 6 heteroatoms. The zero-order chi connectivity index (χ0) is 16.1. The molecule has 128 valence electrons. The molecule has 0 saturated carbocycles. The Labute approximate surface area is 159 Å². The third kappa shape index (κ3) is 14.5. The quantitative estimate of drug-likeness (QED) is 0.290. The SMILES string of the molecule is CCCCCCCC(O)CCCCC(CCC)S(=O)(=O)[O-].[Na+]. The molecule has 4 nitrogen and oxygen atoms in total. The van der Waals surface area contributed by atoms with Crippen molar-refractivity contribution in [3.63, 3.8) is 0 Å². The van der Waals surface area contributed by atoms with Gasteiger partial charge >= 0.3 is 29.6 Å². The first-order valence-corrected chi connectivity index (χ1v) is 10.0. The molecule has 0 radical (unpaired) electrons. The number of aliphatic hydroxyl groups excluding tert-OH is 1. The summed E-state index contributed by atoms with van der Waals surface area (Å²) in [6.45, 7) is 4.07. The van der Waals surface area contributed by atoms with Crippen molar-refractivity contribution in [2.45, 2.75) is 102 Å². The second-order valence-electron chi connectivity index (χ2n) is 6.04. The van der Waals surface area contributed by atoms with Gasteiger partial charge in [-0.3, -0.25) is 0 Å². The van der Waals surface area contributed by atoms with Crippen molar-refractivity contribution >= 4 is 10.1 Å². The van der Waals surface area contributed by atoms with Crippen molar-refractivity contribution in [2.24, 2.45) is 0 Å². The summed E-state index contributed by atoms with van der Waals surface area (Å²) in [5, 5.41) is 9.11. The van der Waals surface area contributed by atoms with E-state index in [0.29, 0.717) is 32.1 Å². The molecule has 2 atom stereocenters. The van der Waals surface area contributed by atoms with Crippen LogP contribution in [0.4, 0.5) is 0 Å². The molecule has 0 fully saturated rings. The van der Waals surface area contributed by atoms with E-state index >= 15 is 0 Å². The molecule has 0 aliphatic carbocycles. The van der Waals surface area contributed by atoms with Crippen LogP contribution in [0.1, 0.15) is 90.9 Å². The summed E-state index contributed by atoms with van der Waals surface area (Å²) in [6, 6.07) is 0. The van der Waals surface area contributed by atoms with Crippen LogP contribution in [0.3, 0.4) is 0 Å². The summed E-state index contributed by atoms with van der Waals surface area (Å²) in [4.78, 5) is 0. The van der Waals surface area contributed by atoms with Gasteiger partial charge in [0, 0.05) is 5.25 Å². The van der Waals surface area contributed by atoms with E-state index in [-0.39, 0.29) is 35.7 Å². The Morgan fingerprint density at radius 2 is 1.32 bits per heavy atom. The van der Waals surface area contributed by atoms with E-state index in [0.717, 1.165) is 19.3 Å². The van der Waals surface area contributed by atoms with Gasteiger partial charge in [-0.25, -0.2) is 8.42 Å². The smallest absolute Gasteiger partial charge is 0.748 e. The summed E-state index contributed by atoms with van der Waals surface area (Å²) >= 11 is 0. The maximum absolute atomic E-state index is 11.1. The normalized spacial score (nSPS) is 14.4. The first kappa shape index (κ1) is 25.1. The second kappa shape index (κ2) is 15.4. The monoisotopic (exact) mass is 344 g/mol. The number of hydrogen-bond acceptors (Lipinski definition) is 4. The molecule has 0 amide bonds. The Morgan fingerprint density at radius 1 is 0.818 bits per heavy atom. The van der Waals surface area contributed by atoms with Crippen LogP contribution in [-0.2, 0) is 10.1 Å².